The molecule has 5 aromatic rings. The average molecular weight is 707 g/mol. The SMILES string of the molecule is COc1ccccc1OP(OCc1cccc(OC)c1OP(Oc1ccccc1OC)Oc1ccccc1OC)Oc1ccccc1OC. The highest BCUT2D eigenvalue weighted by Gasteiger charge is 2.28. The van der Waals surface area contributed by atoms with Crippen LogP contribution in [0, 0.1) is 0 Å². The van der Waals surface area contributed by atoms with Crippen LogP contribution in [0.3, 0.4) is 0 Å². The first-order valence-electron chi connectivity index (χ1n) is 14.9. The highest BCUT2D eigenvalue weighted by molar-refractivity contribution is 7.43. The van der Waals surface area contributed by atoms with Crippen molar-refractivity contribution in [2.45, 2.75) is 6.61 Å². The Hall–Kier alpha value is -5.08. The maximum absolute atomic E-state index is 6.51. The number of benzene rings is 5. The third-order valence-electron chi connectivity index (χ3n) is 6.74. The molecule has 5 rings (SSSR count). The fourth-order valence-corrected chi connectivity index (χ4v) is 6.46. The molecule has 0 spiro atoms. The van der Waals surface area contributed by atoms with Crippen LogP contribution in [0.25, 0.3) is 0 Å². The van der Waals surface area contributed by atoms with Crippen molar-refractivity contribution in [3.63, 3.8) is 0 Å². The molecule has 0 aliphatic rings. The van der Waals surface area contributed by atoms with Gasteiger partial charge in [-0.25, -0.2) is 0 Å². The van der Waals surface area contributed by atoms with Crippen molar-refractivity contribution in [3.05, 3.63) is 121 Å². The molecule has 0 unspecified atom stereocenters. The first kappa shape index (κ1) is 35.2. The largest absolute Gasteiger partial charge is 0.530 e. The lowest BCUT2D eigenvalue weighted by Gasteiger charge is -2.23. The number of para-hydroxylation sites is 9. The second-order valence-electron chi connectivity index (χ2n) is 9.73. The van der Waals surface area contributed by atoms with Gasteiger partial charge < -0.3 is 46.3 Å². The minimum atomic E-state index is -2.18. The van der Waals surface area contributed by atoms with Crippen LogP contribution in [0.1, 0.15) is 5.56 Å². The topological polar surface area (TPSA) is 102 Å². The van der Waals surface area contributed by atoms with Crippen molar-refractivity contribution in [1.29, 1.82) is 0 Å². The summed E-state index contributed by atoms with van der Waals surface area (Å²) in [5, 5.41) is 0. The zero-order chi connectivity index (χ0) is 34.4. The number of rotatable bonds is 18. The van der Waals surface area contributed by atoms with Gasteiger partial charge in [0, 0.05) is 5.56 Å². The van der Waals surface area contributed by atoms with E-state index in [1.165, 1.54) is 0 Å². The van der Waals surface area contributed by atoms with Gasteiger partial charge in [0.2, 0.25) is 0 Å². The van der Waals surface area contributed by atoms with Crippen LogP contribution in [0.15, 0.2) is 115 Å². The molecule has 0 radical (unpaired) electrons. The van der Waals surface area contributed by atoms with Crippen LogP contribution >= 0.6 is 17.2 Å². The zero-order valence-corrected chi connectivity index (χ0v) is 29.4. The van der Waals surface area contributed by atoms with E-state index < -0.39 is 17.2 Å². The highest BCUT2D eigenvalue weighted by Crippen LogP contribution is 2.51. The molecule has 0 amide bonds. The fraction of sp³-hybridized carbons (Fsp3) is 0.167. The smallest absolute Gasteiger partial charge is 0.493 e. The summed E-state index contributed by atoms with van der Waals surface area (Å²) in [5.74, 6) is 4.47. The van der Waals surface area contributed by atoms with Crippen molar-refractivity contribution < 1.29 is 50.8 Å². The van der Waals surface area contributed by atoms with Crippen molar-refractivity contribution in [2.24, 2.45) is 0 Å². The Balaban J connectivity index is 1.46. The van der Waals surface area contributed by atoms with Crippen LogP contribution < -0.4 is 46.3 Å². The number of hydrogen-bond donors (Lipinski definition) is 0. The molecule has 0 aliphatic carbocycles. The van der Waals surface area contributed by atoms with Gasteiger partial charge >= 0.3 is 17.2 Å². The number of methoxy groups -OCH3 is 5. The van der Waals surface area contributed by atoms with Gasteiger partial charge in [0.1, 0.15) is 0 Å². The van der Waals surface area contributed by atoms with E-state index in [0.29, 0.717) is 63.1 Å². The van der Waals surface area contributed by atoms with E-state index in [4.69, 9.17) is 50.8 Å². The molecule has 11 nitrogen and oxygen atoms in total. The van der Waals surface area contributed by atoms with E-state index >= 15 is 0 Å². The molecule has 0 aromatic heterocycles. The normalized spacial score (nSPS) is 10.7. The molecule has 49 heavy (non-hydrogen) atoms. The summed E-state index contributed by atoms with van der Waals surface area (Å²) in [6.45, 7) is -0.0188. The minimum Gasteiger partial charge on any atom is -0.493 e. The minimum absolute atomic E-state index is 0.0188. The summed E-state index contributed by atoms with van der Waals surface area (Å²) in [6.07, 6.45) is 0. The summed E-state index contributed by atoms with van der Waals surface area (Å²) >= 11 is 0. The van der Waals surface area contributed by atoms with Crippen LogP contribution in [0.2, 0.25) is 0 Å². The van der Waals surface area contributed by atoms with E-state index in [1.807, 2.05) is 60.7 Å². The van der Waals surface area contributed by atoms with Crippen LogP contribution in [-0.2, 0) is 11.1 Å². The molecule has 5 aromatic carbocycles. The summed E-state index contributed by atoms with van der Waals surface area (Å²) in [4.78, 5) is 0. The molecular formula is C36H36O11P2. The third kappa shape index (κ3) is 9.30. The average Bonchev–Trinajstić information content (AvgIpc) is 3.15. The van der Waals surface area contributed by atoms with Crippen molar-refractivity contribution >= 4 is 17.2 Å². The van der Waals surface area contributed by atoms with E-state index in [2.05, 4.69) is 0 Å². The molecule has 0 fully saturated rings. The Morgan fingerprint density at radius 3 is 1.04 bits per heavy atom. The molecule has 0 bridgehead atoms. The summed E-state index contributed by atoms with van der Waals surface area (Å²) in [5.41, 5.74) is 0.596. The van der Waals surface area contributed by atoms with Crippen molar-refractivity contribution in [2.75, 3.05) is 35.5 Å². The summed E-state index contributed by atoms with van der Waals surface area (Å²) in [7, 11) is 3.53. The van der Waals surface area contributed by atoms with Gasteiger partial charge in [0.15, 0.2) is 57.5 Å². The van der Waals surface area contributed by atoms with E-state index in [1.54, 1.807) is 90.1 Å². The first-order chi connectivity index (χ1) is 24.1. The second-order valence-corrected chi connectivity index (χ2v) is 11.8. The van der Waals surface area contributed by atoms with Crippen LogP contribution in [-0.4, -0.2) is 35.5 Å². The lowest BCUT2D eigenvalue weighted by atomic mass is 10.2. The maximum Gasteiger partial charge on any atom is 0.530 e. The molecule has 0 atom stereocenters. The summed E-state index contributed by atoms with van der Waals surface area (Å²) in [6, 6.07) is 34.2. The Labute approximate surface area is 288 Å². The zero-order valence-electron chi connectivity index (χ0n) is 27.6. The monoisotopic (exact) mass is 706 g/mol. The van der Waals surface area contributed by atoms with Gasteiger partial charge in [-0.2, -0.15) is 0 Å². The predicted octanol–water partition coefficient (Wildman–Crippen LogP) is 9.39. The first-order valence-corrected chi connectivity index (χ1v) is 17.1. The Kier molecular flexibility index (Phi) is 12.9. The maximum atomic E-state index is 6.51. The van der Waals surface area contributed by atoms with Gasteiger partial charge in [-0.15, -0.1) is 0 Å². The van der Waals surface area contributed by atoms with Gasteiger partial charge in [0.25, 0.3) is 0 Å². The highest BCUT2D eigenvalue weighted by atomic mass is 31.2. The van der Waals surface area contributed by atoms with E-state index in [0.717, 1.165) is 0 Å². The Bertz CT molecular complexity index is 1690. The molecule has 13 heteroatoms. The Morgan fingerprint density at radius 1 is 0.347 bits per heavy atom. The molecule has 0 heterocycles. The fourth-order valence-electron chi connectivity index (χ4n) is 4.36. The van der Waals surface area contributed by atoms with Crippen LogP contribution in [0.5, 0.6) is 57.5 Å². The second kappa shape index (κ2) is 17.9. The molecule has 0 aliphatic heterocycles. The number of ether oxygens (including phenoxy) is 5. The van der Waals surface area contributed by atoms with Gasteiger partial charge in [-0.1, -0.05) is 60.7 Å². The molecular weight excluding hydrogens is 670 g/mol. The number of hydrogen-bond acceptors (Lipinski definition) is 11. The lowest BCUT2D eigenvalue weighted by molar-refractivity contribution is 0.246. The van der Waals surface area contributed by atoms with Gasteiger partial charge in [-0.3, -0.25) is 4.52 Å². The van der Waals surface area contributed by atoms with Gasteiger partial charge in [0.05, 0.1) is 42.2 Å². The Morgan fingerprint density at radius 2 is 0.673 bits per heavy atom. The van der Waals surface area contributed by atoms with Crippen molar-refractivity contribution in [3.8, 4) is 57.5 Å². The van der Waals surface area contributed by atoms with Crippen molar-refractivity contribution in [1.82, 2.24) is 0 Å². The molecule has 0 saturated heterocycles. The molecule has 0 N–H and O–H groups in total. The van der Waals surface area contributed by atoms with Crippen LogP contribution in [0.4, 0.5) is 0 Å². The van der Waals surface area contributed by atoms with Gasteiger partial charge in [-0.05, 0) is 54.6 Å². The molecule has 0 saturated carbocycles. The predicted molar refractivity (Wildman–Crippen MR) is 187 cm³/mol. The summed E-state index contributed by atoms with van der Waals surface area (Å²) < 4.78 is 65.7. The quantitative estimate of drug-likeness (QED) is 0.0815. The van der Waals surface area contributed by atoms with E-state index in [-0.39, 0.29) is 6.61 Å². The molecule has 256 valence electrons. The lowest BCUT2D eigenvalue weighted by Crippen LogP contribution is -2.07. The standard InChI is InChI=1S/C36H36O11P2/c1-37-27-16-6-10-20-31(27)43-48(44-32-21-11-7-17-28(32)38-2)42-25-26-15-14-24-35(41-5)36(26)47-49(45-33-22-12-8-18-29(33)39-3)46-34-23-13-9-19-30(34)40-4/h6-24H,25H2,1-5H3. The third-order valence-corrected chi connectivity index (χ3v) is 8.79. The van der Waals surface area contributed by atoms with E-state index in [9.17, 15) is 0 Å².